The van der Waals surface area contributed by atoms with Crippen LogP contribution in [0.1, 0.15) is 37.2 Å². The molecule has 2 aromatic rings. The number of halogens is 1. The molecule has 2 aliphatic heterocycles. The largest absolute Gasteiger partial charge is 0.497 e. The number of rotatable bonds is 5. The molecule has 0 bridgehead atoms. The molecule has 3 aliphatic rings. The van der Waals surface area contributed by atoms with Gasteiger partial charge in [-0.3, -0.25) is 9.69 Å². The first-order chi connectivity index (χ1) is 15.1. The van der Waals surface area contributed by atoms with Crippen LogP contribution in [0.15, 0.2) is 28.7 Å². The molecule has 1 aromatic heterocycles. The Hall–Kier alpha value is -2.12. The monoisotopic (exact) mass is 484 g/mol. The molecule has 3 heterocycles. The molecule has 7 heteroatoms. The Balaban J connectivity index is 1.38. The van der Waals surface area contributed by atoms with Crippen LogP contribution in [0.25, 0.3) is 17.5 Å². The molecule has 0 spiro atoms. The summed E-state index contributed by atoms with van der Waals surface area (Å²) in [5.41, 5.74) is 3.32. The van der Waals surface area contributed by atoms with Gasteiger partial charge in [0.1, 0.15) is 11.6 Å². The van der Waals surface area contributed by atoms with Crippen molar-refractivity contribution in [2.75, 3.05) is 33.3 Å². The van der Waals surface area contributed by atoms with Crippen LogP contribution in [-0.2, 0) is 17.8 Å². The van der Waals surface area contributed by atoms with Gasteiger partial charge >= 0.3 is 0 Å². The number of imidazole rings is 1. The lowest BCUT2D eigenvalue weighted by Gasteiger charge is -2.38. The molecule has 164 valence electrons. The number of piperazine rings is 1. The number of hydrogen-bond donors (Lipinski definition) is 0. The lowest BCUT2D eigenvalue weighted by atomic mass is 9.84. The van der Waals surface area contributed by atoms with Crippen molar-refractivity contribution in [1.82, 2.24) is 19.4 Å². The Morgan fingerprint density at radius 2 is 2.00 bits per heavy atom. The Labute approximate surface area is 192 Å². The van der Waals surface area contributed by atoms with Crippen molar-refractivity contribution >= 4 is 28.0 Å². The van der Waals surface area contributed by atoms with Gasteiger partial charge in [-0.25, -0.2) is 4.98 Å². The molecule has 1 saturated heterocycles. The molecule has 6 nitrogen and oxygen atoms in total. The number of amides is 1. The van der Waals surface area contributed by atoms with E-state index in [4.69, 9.17) is 9.72 Å². The minimum Gasteiger partial charge on any atom is -0.497 e. The molecule has 1 aromatic carbocycles. The summed E-state index contributed by atoms with van der Waals surface area (Å²) in [6.07, 6.45) is 7.44. The Morgan fingerprint density at radius 3 is 2.71 bits per heavy atom. The predicted molar refractivity (Wildman–Crippen MR) is 125 cm³/mol. The van der Waals surface area contributed by atoms with Crippen LogP contribution in [0.5, 0.6) is 5.75 Å². The smallest absolute Gasteiger partial charge is 0.225 e. The number of aryl methyl sites for hydroxylation is 1. The number of carbonyl (C=O) groups is 1. The minimum absolute atomic E-state index is 0.288. The normalized spacial score (nSPS) is 19.5. The second-order valence-electron chi connectivity index (χ2n) is 8.73. The second-order valence-corrected chi connectivity index (χ2v) is 9.75. The van der Waals surface area contributed by atoms with E-state index in [1.54, 1.807) is 7.11 Å². The topological polar surface area (TPSA) is 50.6 Å². The van der Waals surface area contributed by atoms with E-state index in [2.05, 4.69) is 48.6 Å². The molecule has 2 fully saturated rings. The highest BCUT2D eigenvalue weighted by atomic mass is 79.9. The van der Waals surface area contributed by atoms with Gasteiger partial charge in [0.25, 0.3) is 0 Å². The third-order valence-electron chi connectivity index (χ3n) is 6.79. The van der Waals surface area contributed by atoms with Gasteiger partial charge in [-0.05, 0) is 31.4 Å². The fourth-order valence-corrected chi connectivity index (χ4v) is 5.09. The zero-order valence-electron chi connectivity index (χ0n) is 18.0. The van der Waals surface area contributed by atoms with Gasteiger partial charge in [-0.1, -0.05) is 34.5 Å². The molecule has 0 radical (unpaired) electrons. The van der Waals surface area contributed by atoms with Crippen LogP contribution in [0.4, 0.5) is 0 Å². The van der Waals surface area contributed by atoms with Crippen molar-refractivity contribution < 1.29 is 9.53 Å². The fraction of sp³-hybridized carbons (Fsp3) is 0.500. The van der Waals surface area contributed by atoms with Gasteiger partial charge in [0.05, 0.1) is 18.5 Å². The molecule has 5 rings (SSSR count). The summed E-state index contributed by atoms with van der Waals surface area (Å²) in [5.74, 6) is 2.61. The maximum atomic E-state index is 12.6. The number of fused-ring (bicyclic) bond motifs is 1. The summed E-state index contributed by atoms with van der Waals surface area (Å²) in [7, 11) is 1.70. The molecule has 0 atom stereocenters. The first-order valence-corrected chi connectivity index (χ1v) is 12.0. The minimum atomic E-state index is 0.288. The Bertz CT molecular complexity index is 1000. The number of aromatic nitrogens is 2. The first kappa shape index (κ1) is 20.8. The van der Waals surface area contributed by atoms with Crippen molar-refractivity contribution in [2.24, 2.45) is 5.92 Å². The quantitative estimate of drug-likeness (QED) is 0.639. The number of methoxy groups -OCH3 is 1. The van der Waals surface area contributed by atoms with Crippen molar-refractivity contribution in [3.8, 4) is 17.0 Å². The van der Waals surface area contributed by atoms with E-state index in [0.717, 1.165) is 81.2 Å². The second kappa shape index (κ2) is 8.79. The fourth-order valence-electron chi connectivity index (χ4n) is 4.69. The Kier molecular flexibility index (Phi) is 5.89. The molecule has 31 heavy (non-hydrogen) atoms. The summed E-state index contributed by atoms with van der Waals surface area (Å²) in [6, 6.07) is 8.15. The summed E-state index contributed by atoms with van der Waals surface area (Å²) in [6.45, 7) is 4.28. The van der Waals surface area contributed by atoms with Crippen molar-refractivity contribution in [3.63, 3.8) is 0 Å². The van der Waals surface area contributed by atoms with Crippen LogP contribution in [-0.4, -0.2) is 58.5 Å². The lowest BCUT2D eigenvalue weighted by Crippen LogP contribution is -2.50. The summed E-state index contributed by atoms with van der Waals surface area (Å²) in [5, 5.41) is 0. The zero-order valence-corrected chi connectivity index (χ0v) is 19.6. The van der Waals surface area contributed by atoms with Gasteiger partial charge in [0.15, 0.2) is 0 Å². The predicted octanol–water partition coefficient (Wildman–Crippen LogP) is 4.14. The molecule has 1 amide bonds. The van der Waals surface area contributed by atoms with Crippen LogP contribution in [0.3, 0.4) is 0 Å². The number of ether oxygens (including phenoxy) is 1. The highest BCUT2D eigenvalue weighted by molar-refractivity contribution is 9.11. The van der Waals surface area contributed by atoms with E-state index in [9.17, 15) is 4.79 Å². The van der Waals surface area contributed by atoms with Crippen LogP contribution >= 0.6 is 15.9 Å². The Morgan fingerprint density at radius 1 is 1.19 bits per heavy atom. The standard InChI is InChI=1S/C24H29BrN4O2/c1-31-20-7-3-6-18(14-20)23-21(29-15-19(25)8-9-22(29)26-23)16-27-10-12-28(13-11-27)24(30)17-4-2-5-17/h3,6-7,14-15,17H,2,4-5,8-13,16H2,1H3. The van der Waals surface area contributed by atoms with Crippen LogP contribution < -0.4 is 4.74 Å². The number of allylic oxidation sites excluding steroid dienone is 1. The van der Waals surface area contributed by atoms with Crippen molar-refractivity contribution in [1.29, 1.82) is 0 Å². The zero-order chi connectivity index (χ0) is 21.4. The molecule has 0 unspecified atom stereocenters. The highest BCUT2D eigenvalue weighted by Gasteiger charge is 2.32. The van der Waals surface area contributed by atoms with Gasteiger partial charge < -0.3 is 14.2 Å². The lowest BCUT2D eigenvalue weighted by molar-refractivity contribution is -0.140. The third kappa shape index (κ3) is 4.17. The summed E-state index contributed by atoms with van der Waals surface area (Å²) < 4.78 is 8.91. The average molecular weight is 485 g/mol. The van der Waals surface area contributed by atoms with E-state index in [0.29, 0.717) is 5.91 Å². The van der Waals surface area contributed by atoms with Crippen LogP contribution in [0, 0.1) is 5.92 Å². The van der Waals surface area contributed by atoms with E-state index in [-0.39, 0.29) is 5.92 Å². The molecule has 1 saturated carbocycles. The van der Waals surface area contributed by atoms with Crippen molar-refractivity contribution in [2.45, 2.75) is 38.6 Å². The van der Waals surface area contributed by atoms with Crippen molar-refractivity contribution in [3.05, 3.63) is 40.3 Å². The maximum Gasteiger partial charge on any atom is 0.225 e. The van der Waals surface area contributed by atoms with E-state index in [1.165, 1.54) is 16.6 Å². The van der Waals surface area contributed by atoms with Gasteiger partial charge in [-0.2, -0.15) is 0 Å². The molecular weight excluding hydrogens is 456 g/mol. The van der Waals surface area contributed by atoms with Crippen LogP contribution in [0.2, 0.25) is 0 Å². The number of hydrogen-bond acceptors (Lipinski definition) is 4. The number of benzene rings is 1. The number of nitrogens with zero attached hydrogens (tertiary/aromatic N) is 4. The summed E-state index contributed by atoms with van der Waals surface area (Å²) >= 11 is 3.69. The highest BCUT2D eigenvalue weighted by Crippen LogP contribution is 2.33. The van der Waals surface area contributed by atoms with Gasteiger partial charge in [0.2, 0.25) is 5.91 Å². The average Bonchev–Trinajstić information content (AvgIpc) is 3.10. The number of carbonyl (C=O) groups excluding carboxylic acids is 1. The first-order valence-electron chi connectivity index (χ1n) is 11.2. The SMILES string of the molecule is COc1cccc(-c2nc3n(c2CN2CCN(C(=O)C4CCC4)CC2)C=C(Br)CC3)c1. The molecule has 0 N–H and O–H groups in total. The summed E-state index contributed by atoms with van der Waals surface area (Å²) in [4.78, 5) is 22.2. The van der Waals surface area contributed by atoms with Gasteiger partial charge in [-0.15, -0.1) is 0 Å². The molecule has 1 aliphatic carbocycles. The van der Waals surface area contributed by atoms with Gasteiger partial charge in [0, 0.05) is 61.3 Å². The van der Waals surface area contributed by atoms with E-state index < -0.39 is 0 Å². The maximum absolute atomic E-state index is 12.6. The molecular formula is C24H29BrN4O2. The van der Waals surface area contributed by atoms with E-state index in [1.807, 2.05) is 12.1 Å². The third-order valence-corrected chi connectivity index (χ3v) is 7.40. The van der Waals surface area contributed by atoms with E-state index >= 15 is 0 Å².